The molecule has 0 atom stereocenters. The Labute approximate surface area is 133 Å². The first-order valence-corrected chi connectivity index (χ1v) is 7.10. The third-order valence-corrected chi connectivity index (χ3v) is 3.56. The minimum atomic E-state index is -0.233. The summed E-state index contributed by atoms with van der Waals surface area (Å²) in [5, 5.41) is 3.44. The van der Waals surface area contributed by atoms with Crippen molar-refractivity contribution in [3.8, 4) is 11.5 Å². The molecule has 0 aromatic heterocycles. The van der Waals surface area contributed by atoms with Gasteiger partial charge < -0.3 is 19.7 Å². The summed E-state index contributed by atoms with van der Waals surface area (Å²) in [6.45, 7) is 0.180. The molecule has 114 valence electrons. The molecule has 0 radical (unpaired) electrons. The van der Waals surface area contributed by atoms with Gasteiger partial charge in [-0.3, -0.25) is 4.79 Å². The van der Waals surface area contributed by atoms with Gasteiger partial charge in [0, 0.05) is 24.7 Å². The van der Waals surface area contributed by atoms with E-state index in [2.05, 4.69) is 5.32 Å². The Bertz CT molecular complexity index is 731. The van der Waals surface area contributed by atoms with Gasteiger partial charge >= 0.3 is 0 Å². The molecular formula is C16H15ClN2O3. The summed E-state index contributed by atoms with van der Waals surface area (Å²) in [6, 6.07) is 10.5. The number of anilines is 2. The largest absolute Gasteiger partial charge is 0.454 e. The zero-order chi connectivity index (χ0) is 15.7. The Morgan fingerprint density at radius 2 is 1.91 bits per heavy atom. The van der Waals surface area contributed by atoms with Crippen LogP contribution in [0.3, 0.4) is 0 Å². The molecule has 0 spiro atoms. The van der Waals surface area contributed by atoms with Crippen LogP contribution in [0.2, 0.25) is 5.02 Å². The highest BCUT2D eigenvalue weighted by Gasteiger charge is 2.17. The highest BCUT2D eigenvalue weighted by atomic mass is 35.5. The van der Waals surface area contributed by atoms with E-state index in [4.69, 9.17) is 21.1 Å². The molecule has 22 heavy (non-hydrogen) atoms. The molecule has 0 unspecified atom stereocenters. The first-order chi connectivity index (χ1) is 10.5. The van der Waals surface area contributed by atoms with E-state index in [0.29, 0.717) is 27.8 Å². The number of fused-ring (bicyclic) bond motifs is 1. The van der Waals surface area contributed by atoms with Gasteiger partial charge in [0.25, 0.3) is 5.91 Å². The van der Waals surface area contributed by atoms with Crippen LogP contribution in [0.25, 0.3) is 0 Å². The van der Waals surface area contributed by atoms with Gasteiger partial charge in [0.15, 0.2) is 11.5 Å². The predicted octanol–water partition coefficient (Wildman–Crippen LogP) is 3.39. The number of amides is 1. The Morgan fingerprint density at radius 1 is 1.14 bits per heavy atom. The lowest BCUT2D eigenvalue weighted by molar-refractivity contribution is 0.102. The SMILES string of the molecule is CN(C)c1ccc(Cl)cc1NC(=O)c1ccc2c(c1)OCO2. The number of halogens is 1. The normalized spacial score (nSPS) is 12.1. The van der Waals surface area contributed by atoms with Crippen molar-refractivity contribution in [2.24, 2.45) is 0 Å². The van der Waals surface area contributed by atoms with E-state index in [1.54, 1.807) is 30.3 Å². The fraction of sp³-hybridized carbons (Fsp3) is 0.188. The van der Waals surface area contributed by atoms with Crippen molar-refractivity contribution in [3.63, 3.8) is 0 Å². The van der Waals surface area contributed by atoms with Crippen LogP contribution in [0.15, 0.2) is 36.4 Å². The predicted molar refractivity (Wildman–Crippen MR) is 86.3 cm³/mol. The summed E-state index contributed by atoms with van der Waals surface area (Å²) in [4.78, 5) is 14.3. The van der Waals surface area contributed by atoms with E-state index < -0.39 is 0 Å². The molecule has 0 aliphatic carbocycles. The maximum Gasteiger partial charge on any atom is 0.255 e. The summed E-state index contributed by atoms with van der Waals surface area (Å²) in [7, 11) is 3.80. The van der Waals surface area contributed by atoms with Crippen LogP contribution in [-0.2, 0) is 0 Å². The zero-order valence-electron chi connectivity index (χ0n) is 12.2. The number of nitrogens with one attached hydrogen (secondary N) is 1. The number of hydrogen-bond donors (Lipinski definition) is 1. The quantitative estimate of drug-likeness (QED) is 0.942. The van der Waals surface area contributed by atoms with Crippen LogP contribution >= 0.6 is 11.6 Å². The molecule has 5 nitrogen and oxygen atoms in total. The molecule has 0 saturated carbocycles. The fourth-order valence-electron chi connectivity index (χ4n) is 2.23. The summed E-state index contributed by atoms with van der Waals surface area (Å²) >= 11 is 6.02. The van der Waals surface area contributed by atoms with Crippen molar-refractivity contribution in [1.82, 2.24) is 0 Å². The molecule has 1 heterocycles. The van der Waals surface area contributed by atoms with Crippen LogP contribution in [0, 0.1) is 0 Å². The second-order valence-electron chi connectivity index (χ2n) is 5.08. The van der Waals surface area contributed by atoms with Gasteiger partial charge in [-0.2, -0.15) is 0 Å². The summed E-state index contributed by atoms with van der Waals surface area (Å²) in [5.74, 6) is 0.989. The Kier molecular flexibility index (Phi) is 3.81. The second kappa shape index (κ2) is 5.77. The maximum atomic E-state index is 12.4. The molecule has 1 amide bonds. The maximum absolute atomic E-state index is 12.4. The molecule has 2 aromatic carbocycles. The lowest BCUT2D eigenvalue weighted by Crippen LogP contribution is -2.16. The van der Waals surface area contributed by atoms with Crippen molar-refractivity contribution in [1.29, 1.82) is 0 Å². The average Bonchev–Trinajstić information content (AvgIpc) is 2.94. The molecule has 6 heteroatoms. The average molecular weight is 319 g/mol. The van der Waals surface area contributed by atoms with E-state index in [1.165, 1.54) is 0 Å². The van der Waals surface area contributed by atoms with Crippen molar-refractivity contribution in [2.45, 2.75) is 0 Å². The number of nitrogens with zero attached hydrogens (tertiary/aromatic N) is 1. The van der Waals surface area contributed by atoms with Gasteiger partial charge in [0.2, 0.25) is 6.79 Å². The van der Waals surface area contributed by atoms with Gasteiger partial charge in [-0.05, 0) is 36.4 Å². The number of ether oxygens (including phenoxy) is 2. The first kappa shape index (κ1) is 14.5. The molecule has 3 rings (SSSR count). The van der Waals surface area contributed by atoms with Crippen LogP contribution in [0.1, 0.15) is 10.4 Å². The van der Waals surface area contributed by atoms with Gasteiger partial charge in [0.1, 0.15) is 0 Å². The van der Waals surface area contributed by atoms with E-state index >= 15 is 0 Å². The van der Waals surface area contributed by atoms with Crippen molar-refractivity contribution < 1.29 is 14.3 Å². The molecule has 0 bridgehead atoms. The van der Waals surface area contributed by atoms with Crippen LogP contribution in [0.5, 0.6) is 11.5 Å². The molecule has 1 N–H and O–H groups in total. The second-order valence-corrected chi connectivity index (χ2v) is 5.51. The Morgan fingerprint density at radius 3 is 2.68 bits per heavy atom. The lowest BCUT2D eigenvalue weighted by atomic mass is 10.1. The highest BCUT2D eigenvalue weighted by molar-refractivity contribution is 6.31. The Hall–Kier alpha value is -2.40. The van der Waals surface area contributed by atoms with Crippen molar-refractivity contribution in [3.05, 3.63) is 47.0 Å². The third-order valence-electron chi connectivity index (χ3n) is 3.32. The lowest BCUT2D eigenvalue weighted by Gasteiger charge is -2.18. The van der Waals surface area contributed by atoms with Crippen LogP contribution in [0.4, 0.5) is 11.4 Å². The van der Waals surface area contributed by atoms with E-state index in [1.807, 2.05) is 25.1 Å². The molecule has 0 fully saturated rings. The zero-order valence-corrected chi connectivity index (χ0v) is 13.0. The van der Waals surface area contributed by atoms with Gasteiger partial charge in [-0.15, -0.1) is 0 Å². The van der Waals surface area contributed by atoms with E-state index in [-0.39, 0.29) is 12.7 Å². The molecule has 1 aliphatic rings. The topological polar surface area (TPSA) is 50.8 Å². The summed E-state index contributed by atoms with van der Waals surface area (Å²) in [5.41, 5.74) is 2.02. The summed E-state index contributed by atoms with van der Waals surface area (Å²) in [6.07, 6.45) is 0. The Balaban J connectivity index is 1.87. The van der Waals surface area contributed by atoms with Crippen LogP contribution < -0.4 is 19.7 Å². The number of benzene rings is 2. The molecular weight excluding hydrogens is 304 g/mol. The first-order valence-electron chi connectivity index (χ1n) is 6.72. The van der Waals surface area contributed by atoms with Crippen molar-refractivity contribution in [2.75, 3.05) is 31.1 Å². The standard InChI is InChI=1S/C16H15ClN2O3/c1-19(2)13-5-4-11(17)8-12(13)18-16(20)10-3-6-14-15(7-10)22-9-21-14/h3-8H,9H2,1-2H3,(H,18,20). The number of carbonyl (C=O) groups excluding carboxylic acids is 1. The monoisotopic (exact) mass is 318 g/mol. The smallest absolute Gasteiger partial charge is 0.255 e. The van der Waals surface area contributed by atoms with E-state index in [0.717, 1.165) is 5.69 Å². The molecule has 0 saturated heterocycles. The molecule has 1 aliphatic heterocycles. The molecule has 2 aromatic rings. The number of carbonyl (C=O) groups is 1. The van der Waals surface area contributed by atoms with Gasteiger partial charge in [-0.25, -0.2) is 0 Å². The van der Waals surface area contributed by atoms with Crippen LogP contribution in [-0.4, -0.2) is 26.8 Å². The van der Waals surface area contributed by atoms with E-state index in [9.17, 15) is 4.79 Å². The van der Waals surface area contributed by atoms with Crippen molar-refractivity contribution >= 4 is 28.9 Å². The number of hydrogen-bond acceptors (Lipinski definition) is 4. The fourth-order valence-corrected chi connectivity index (χ4v) is 2.40. The van der Waals surface area contributed by atoms with Gasteiger partial charge in [-0.1, -0.05) is 11.6 Å². The number of rotatable bonds is 3. The summed E-state index contributed by atoms with van der Waals surface area (Å²) < 4.78 is 10.5. The third kappa shape index (κ3) is 2.80. The highest BCUT2D eigenvalue weighted by Crippen LogP contribution is 2.33. The minimum absolute atomic E-state index is 0.180. The van der Waals surface area contributed by atoms with Gasteiger partial charge in [0.05, 0.1) is 11.4 Å². The minimum Gasteiger partial charge on any atom is -0.454 e.